The van der Waals surface area contributed by atoms with Gasteiger partial charge in [0.05, 0.1) is 0 Å². The minimum absolute atomic E-state index is 0.159. The van der Waals surface area contributed by atoms with E-state index in [-0.39, 0.29) is 23.9 Å². The number of nitrogens with one attached hydrogen (secondary N) is 1. The Kier molecular flexibility index (Phi) is 4.56. The number of primary amides is 1. The summed E-state index contributed by atoms with van der Waals surface area (Å²) in [5.74, 6) is -0.553. The fourth-order valence-electron chi connectivity index (χ4n) is 2.08. The molecular formula is C12H23N3O3. The van der Waals surface area contributed by atoms with E-state index < -0.39 is 11.7 Å². The lowest BCUT2D eigenvalue weighted by Crippen LogP contribution is -2.53. The number of nitrogens with two attached hydrogens (primary N) is 2. The first-order chi connectivity index (χ1) is 8.19. The maximum atomic E-state index is 11.6. The predicted octanol–water partition coefficient (Wildman–Crippen LogP) is 0.492. The van der Waals surface area contributed by atoms with Crippen molar-refractivity contribution in [1.29, 1.82) is 0 Å². The number of hydrogen-bond donors (Lipinski definition) is 3. The molecule has 5 N–H and O–H groups in total. The third-order valence-corrected chi connectivity index (χ3v) is 3.01. The van der Waals surface area contributed by atoms with Gasteiger partial charge in [-0.25, -0.2) is 4.79 Å². The summed E-state index contributed by atoms with van der Waals surface area (Å²) in [6.45, 7) is 5.37. The van der Waals surface area contributed by atoms with Crippen LogP contribution >= 0.6 is 0 Å². The lowest BCUT2D eigenvalue weighted by molar-refractivity contribution is -0.123. The van der Waals surface area contributed by atoms with Gasteiger partial charge in [-0.3, -0.25) is 4.79 Å². The number of carbonyl (C=O) groups is 2. The van der Waals surface area contributed by atoms with Gasteiger partial charge in [0.25, 0.3) is 0 Å². The smallest absolute Gasteiger partial charge is 0.407 e. The van der Waals surface area contributed by atoms with Crippen LogP contribution in [0.2, 0.25) is 0 Å². The van der Waals surface area contributed by atoms with Crippen molar-refractivity contribution in [2.45, 2.75) is 57.7 Å². The molecule has 6 nitrogen and oxygen atoms in total. The van der Waals surface area contributed by atoms with E-state index in [0.29, 0.717) is 19.3 Å². The minimum Gasteiger partial charge on any atom is -0.444 e. The van der Waals surface area contributed by atoms with Crippen molar-refractivity contribution in [3.63, 3.8) is 0 Å². The van der Waals surface area contributed by atoms with Gasteiger partial charge in [-0.05, 0) is 40.0 Å². The van der Waals surface area contributed by atoms with Crippen LogP contribution in [0.25, 0.3) is 0 Å². The Morgan fingerprint density at radius 2 is 1.89 bits per heavy atom. The largest absolute Gasteiger partial charge is 0.444 e. The molecule has 0 aromatic carbocycles. The minimum atomic E-state index is -0.550. The second kappa shape index (κ2) is 5.56. The van der Waals surface area contributed by atoms with E-state index in [0.717, 1.165) is 0 Å². The Bertz CT molecular complexity index is 325. The average Bonchev–Trinajstić information content (AvgIpc) is 2.18. The van der Waals surface area contributed by atoms with Crippen LogP contribution in [0.4, 0.5) is 4.79 Å². The van der Waals surface area contributed by atoms with Crippen molar-refractivity contribution < 1.29 is 14.3 Å². The standard InChI is InChI=1S/C12H23N3O3/c1-12(2,3)18-11(17)15-9-6-7(10(14)16)4-5-8(9)13/h7-9H,4-6,13H2,1-3H3,(H2,14,16)(H,15,17)/t7-,8-,9+/m0/s1. The quantitative estimate of drug-likeness (QED) is 0.669. The molecule has 0 radical (unpaired) electrons. The molecule has 3 atom stereocenters. The molecule has 0 heterocycles. The highest BCUT2D eigenvalue weighted by Gasteiger charge is 2.32. The number of hydrogen-bond acceptors (Lipinski definition) is 4. The van der Waals surface area contributed by atoms with Crippen LogP contribution in [0, 0.1) is 5.92 Å². The average molecular weight is 257 g/mol. The predicted molar refractivity (Wildman–Crippen MR) is 67.7 cm³/mol. The summed E-state index contributed by atoms with van der Waals surface area (Å²) in [6.07, 6.45) is 1.33. The summed E-state index contributed by atoms with van der Waals surface area (Å²) < 4.78 is 5.16. The van der Waals surface area contributed by atoms with Crippen LogP contribution in [0.5, 0.6) is 0 Å². The lowest BCUT2D eigenvalue weighted by Gasteiger charge is -2.33. The van der Waals surface area contributed by atoms with Gasteiger partial charge in [0, 0.05) is 18.0 Å². The molecule has 104 valence electrons. The zero-order valence-electron chi connectivity index (χ0n) is 11.2. The van der Waals surface area contributed by atoms with Gasteiger partial charge in [0.2, 0.25) is 5.91 Å². The molecule has 0 bridgehead atoms. The van der Waals surface area contributed by atoms with Gasteiger partial charge >= 0.3 is 6.09 Å². The van der Waals surface area contributed by atoms with E-state index in [9.17, 15) is 9.59 Å². The van der Waals surface area contributed by atoms with Gasteiger partial charge in [0.15, 0.2) is 0 Å². The SMILES string of the molecule is CC(C)(C)OC(=O)N[C@@H]1C[C@@H](C(N)=O)CC[C@@H]1N. The van der Waals surface area contributed by atoms with Crippen LogP contribution in [0.1, 0.15) is 40.0 Å². The second-order valence-electron chi connectivity index (χ2n) is 5.83. The number of amides is 2. The lowest BCUT2D eigenvalue weighted by atomic mass is 9.82. The Labute approximate surface area is 107 Å². The number of carbonyl (C=O) groups excluding carboxylic acids is 2. The molecule has 0 saturated heterocycles. The zero-order chi connectivity index (χ0) is 13.9. The van der Waals surface area contributed by atoms with Crippen molar-refractivity contribution in [2.24, 2.45) is 17.4 Å². The normalized spacial score (nSPS) is 28.6. The highest BCUT2D eigenvalue weighted by molar-refractivity contribution is 5.77. The van der Waals surface area contributed by atoms with E-state index in [1.807, 2.05) is 0 Å². The molecule has 6 heteroatoms. The Morgan fingerprint density at radius 3 is 2.39 bits per heavy atom. The van der Waals surface area contributed by atoms with Gasteiger partial charge in [0.1, 0.15) is 5.60 Å². The second-order valence-corrected chi connectivity index (χ2v) is 5.83. The van der Waals surface area contributed by atoms with Crippen LogP contribution in [0.3, 0.4) is 0 Å². The Morgan fingerprint density at radius 1 is 1.28 bits per heavy atom. The molecule has 1 fully saturated rings. The molecule has 0 aromatic rings. The van der Waals surface area contributed by atoms with Crippen molar-refractivity contribution >= 4 is 12.0 Å². The van der Waals surface area contributed by atoms with Gasteiger partial charge in [-0.15, -0.1) is 0 Å². The fraction of sp³-hybridized carbons (Fsp3) is 0.833. The van der Waals surface area contributed by atoms with Gasteiger partial charge in [-0.2, -0.15) is 0 Å². The highest BCUT2D eigenvalue weighted by Crippen LogP contribution is 2.23. The summed E-state index contributed by atoms with van der Waals surface area (Å²) >= 11 is 0. The summed E-state index contributed by atoms with van der Waals surface area (Å²) in [7, 11) is 0. The Hall–Kier alpha value is -1.30. The third kappa shape index (κ3) is 4.52. The van der Waals surface area contributed by atoms with E-state index >= 15 is 0 Å². The van der Waals surface area contributed by atoms with Crippen molar-refractivity contribution in [2.75, 3.05) is 0 Å². The van der Waals surface area contributed by atoms with Crippen LogP contribution in [-0.2, 0) is 9.53 Å². The number of rotatable bonds is 2. The van der Waals surface area contributed by atoms with E-state index in [1.54, 1.807) is 20.8 Å². The summed E-state index contributed by atoms with van der Waals surface area (Å²) in [4.78, 5) is 22.8. The van der Waals surface area contributed by atoms with E-state index in [4.69, 9.17) is 16.2 Å². The monoisotopic (exact) mass is 257 g/mol. The van der Waals surface area contributed by atoms with Crippen molar-refractivity contribution in [1.82, 2.24) is 5.32 Å². The van der Waals surface area contributed by atoms with Crippen LogP contribution in [0.15, 0.2) is 0 Å². The molecule has 18 heavy (non-hydrogen) atoms. The first-order valence-electron chi connectivity index (χ1n) is 6.23. The molecule has 1 aliphatic rings. The summed E-state index contributed by atoms with van der Waals surface area (Å²) in [6, 6.07) is -0.417. The molecule has 0 unspecified atom stereocenters. The van der Waals surface area contributed by atoms with Crippen molar-refractivity contribution in [3.05, 3.63) is 0 Å². The van der Waals surface area contributed by atoms with Gasteiger partial charge < -0.3 is 21.5 Å². The van der Waals surface area contributed by atoms with E-state index in [1.165, 1.54) is 0 Å². The Balaban J connectivity index is 2.53. The molecular weight excluding hydrogens is 234 g/mol. The maximum Gasteiger partial charge on any atom is 0.407 e. The van der Waals surface area contributed by atoms with Crippen LogP contribution < -0.4 is 16.8 Å². The van der Waals surface area contributed by atoms with Crippen molar-refractivity contribution in [3.8, 4) is 0 Å². The zero-order valence-corrected chi connectivity index (χ0v) is 11.2. The molecule has 1 aliphatic carbocycles. The first-order valence-corrected chi connectivity index (χ1v) is 6.23. The van der Waals surface area contributed by atoms with E-state index in [2.05, 4.69) is 5.32 Å². The molecule has 0 spiro atoms. The molecule has 0 aliphatic heterocycles. The number of ether oxygens (including phenoxy) is 1. The highest BCUT2D eigenvalue weighted by atomic mass is 16.6. The molecule has 2 amide bonds. The molecule has 1 saturated carbocycles. The molecule has 0 aromatic heterocycles. The number of alkyl carbamates (subject to hydrolysis) is 1. The summed E-state index contributed by atoms with van der Waals surface area (Å²) in [5.41, 5.74) is 10.7. The first kappa shape index (κ1) is 14.8. The molecule has 1 rings (SSSR count). The maximum absolute atomic E-state index is 11.6. The topological polar surface area (TPSA) is 107 Å². The fourth-order valence-corrected chi connectivity index (χ4v) is 2.08. The van der Waals surface area contributed by atoms with Gasteiger partial charge in [-0.1, -0.05) is 0 Å². The third-order valence-electron chi connectivity index (χ3n) is 3.01. The summed E-state index contributed by atoms with van der Waals surface area (Å²) in [5, 5.41) is 2.72. The van der Waals surface area contributed by atoms with Crippen LogP contribution in [-0.4, -0.2) is 29.7 Å².